The van der Waals surface area contributed by atoms with Crippen LogP contribution >= 0.6 is 0 Å². The van der Waals surface area contributed by atoms with Crippen LogP contribution in [0, 0.1) is 5.82 Å². The first-order valence-electron chi connectivity index (χ1n) is 5.94. The summed E-state index contributed by atoms with van der Waals surface area (Å²) in [6, 6.07) is 10.7. The summed E-state index contributed by atoms with van der Waals surface area (Å²) in [6.45, 7) is 0.866. The van der Waals surface area contributed by atoms with E-state index in [2.05, 4.69) is 0 Å². The molecule has 0 atom stereocenters. The Bertz CT molecular complexity index is 637. The Labute approximate surface area is 109 Å². The highest BCUT2D eigenvalue weighted by molar-refractivity contribution is 6.11. The van der Waals surface area contributed by atoms with Crippen LogP contribution in [0.1, 0.15) is 15.9 Å². The van der Waals surface area contributed by atoms with Gasteiger partial charge in [0.1, 0.15) is 19.0 Å². The third kappa shape index (κ3) is 2.17. The molecule has 1 heterocycles. The molecule has 0 fully saturated rings. The highest BCUT2D eigenvalue weighted by Crippen LogP contribution is 2.34. The van der Waals surface area contributed by atoms with E-state index in [9.17, 15) is 9.18 Å². The maximum absolute atomic E-state index is 13.2. The minimum absolute atomic E-state index is 0.276. The molecule has 4 heteroatoms. The van der Waals surface area contributed by atoms with Crippen molar-refractivity contribution in [2.75, 3.05) is 13.2 Å². The van der Waals surface area contributed by atoms with Gasteiger partial charge >= 0.3 is 0 Å². The minimum atomic E-state index is -0.437. The zero-order chi connectivity index (χ0) is 13.2. The van der Waals surface area contributed by atoms with E-state index in [1.165, 1.54) is 18.2 Å². The van der Waals surface area contributed by atoms with E-state index in [0.717, 1.165) is 0 Å². The quantitative estimate of drug-likeness (QED) is 0.777. The first kappa shape index (κ1) is 11.7. The van der Waals surface area contributed by atoms with E-state index < -0.39 is 5.82 Å². The van der Waals surface area contributed by atoms with Gasteiger partial charge < -0.3 is 9.47 Å². The van der Waals surface area contributed by atoms with Gasteiger partial charge in [-0.3, -0.25) is 4.79 Å². The fourth-order valence-corrected chi connectivity index (χ4v) is 2.04. The fraction of sp³-hybridized carbons (Fsp3) is 0.133. The number of rotatable bonds is 2. The van der Waals surface area contributed by atoms with E-state index in [0.29, 0.717) is 35.8 Å². The zero-order valence-electron chi connectivity index (χ0n) is 10.1. The molecule has 0 amide bonds. The SMILES string of the molecule is O=C(c1cccc(F)c1)c1cccc2c1OCCO2. The standard InChI is InChI=1S/C15H11FO3/c16-11-4-1-3-10(9-11)14(17)12-5-2-6-13-15(12)19-8-7-18-13/h1-6,9H,7-8H2. The molecule has 0 saturated heterocycles. The Morgan fingerprint density at radius 3 is 2.68 bits per heavy atom. The Hall–Kier alpha value is -2.36. The van der Waals surface area contributed by atoms with Gasteiger partial charge in [0.25, 0.3) is 0 Å². The molecule has 0 spiro atoms. The molecule has 96 valence electrons. The van der Waals surface area contributed by atoms with Gasteiger partial charge in [-0.1, -0.05) is 18.2 Å². The van der Waals surface area contributed by atoms with Crippen LogP contribution in [0.4, 0.5) is 4.39 Å². The zero-order valence-corrected chi connectivity index (χ0v) is 10.1. The third-order valence-electron chi connectivity index (χ3n) is 2.90. The topological polar surface area (TPSA) is 35.5 Å². The average molecular weight is 258 g/mol. The largest absolute Gasteiger partial charge is 0.486 e. The van der Waals surface area contributed by atoms with Gasteiger partial charge in [-0.25, -0.2) is 4.39 Å². The van der Waals surface area contributed by atoms with Crippen molar-refractivity contribution in [2.24, 2.45) is 0 Å². The van der Waals surface area contributed by atoms with Crippen LogP contribution in [0.3, 0.4) is 0 Å². The normalized spacial score (nSPS) is 13.1. The summed E-state index contributed by atoms with van der Waals surface area (Å²) in [5.74, 6) is 0.270. The van der Waals surface area contributed by atoms with Crippen LogP contribution < -0.4 is 9.47 Å². The van der Waals surface area contributed by atoms with E-state index in [-0.39, 0.29) is 5.78 Å². The summed E-state index contributed by atoms with van der Waals surface area (Å²) in [4.78, 5) is 12.4. The lowest BCUT2D eigenvalue weighted by Crippen LogP contribution is -2.18. The summed E-state index contributed by atoms with van der Waals surface area (Å²) in [7, 11) is 0. The molecule has 2 aromatic carbocycles. The number of ketones is 1. The summed E-state index contributed by atoms with van der Waals surface area (Å²) in [5, 5.41) is 0. The number of hydrogen-bond donors (Lipinski definition) is 0. The molecule has 0 N–H and O–H groups in total. The molecule has 0 saturated carbocycles. The van der Waals surface area contributed by atoms with Gasteiger partial charge in [0.15, 0.2) is 17.3 Å². The fourth-order valence-electron chi connectivity index (χ4n) is 2.04. The highest BCUT2D eigenvalue weighted by Gasteiger charge is 2.21. The number of carbonyl (C=O) groups is 1. The second-order valence-corrected chi connectivity index (χ2v) is 4.17. The molecule has 0 radical (unpaired) electrons. The first-order valence-corrected chi connectivity index (χ1v) is 5.94. The summed E-state index contributed by atoms with van der Waals surface area (Å²) < 4.78 is 24.1. The predicted octanol–water partition coefficient (Wildman–Crippen LogP) is 2.83. The van der Waals surface area contributed by atoms with E-state index in [4.69, 9.17) is 9.47 Å². The van der Waals surface area contributed by atoms with E-state index in [1.807, 2.05) is 0 Å². The molecule has 1 aliphatic rings. The number of carbonyl (C=O) groups excluding carboxylic acids is 1. The Morgan fingerprint density at radius 2 is 1.84 bits per heavy atom. The number of ether oxygens (including phenoxy) is 2. The van der Waals surface area contributed by atoms with Gasteiger partial charge in [-0.05, 0) is 24.3 Å². The Kier molecular flexibility index (Phi) is 2.91. The van der Waals surface area contributed by atoms with Crippen LogP contribution in [-0.2, 0) is 0 Å². The van der Waals surface area contributed by atoms with Crippen molar-refractivity contribution in [3.8, 4) is 11.5 Å². The number of fused-ring (bicyclic) bond motifs is 1. The first-order chi connectivity index (χ1) is 9.25. The summed E-state index contributed by atoms with van der Waals surface area (Å²) in [6.07, 6.45) is 0. The second-order valence-electron chi connectivity index (χ2n) is 4.17. The van der Waals surface area contributed by atoms with Gasteiger partial charge in [0.2, 0.25) is 0 Å². The van der Waals surface area contributed by atoms with Crippen LogP contribution in [0.15, 0.2) is 42.5 Å². The smallest absolute Gasteiger partial charge is 0.197 e. The van der Waals surface area contributed by atoms with E-state index in [1.54, 1.807) is 24.3 Å². The molecule has 2 aromatic rings. The maximum atomic E-state index is 13.2. The molecule has 3 nitrogen and oxygen atoms in total. The van der Waals surface area contributed by atoms with Crippen LogP contribution in [0.2, 0.25) is 0 Å². The number of benzene rings is 2. The van der Waals surface area contributed by atoms with Crippen molar-refractivity contribution in [2.45, 2.75) is 0 Å². The van der Waals surface area contributed by atoms with Gasteiger partial charge in [-0.15, -0.1) is 0 Å². The van der Waals surface area contributed by atoms with Gasteiger partial charge in [-0.2, -0.15) is 0 Å². The van der Waals surface area contributed by atoms with Crippen LogP contribution in [-0.4, -0.2) is 19.0 Å². The number of hydrogen-bond acceptors (Lipinski definition) is 3. The van der Waals surface area contributed by atoms with Gasteiger partial charge in [0, 0.05) is 5.56 Å². The molecule has 19 heavy (non-hydrogen) atoms. The third-order valence-corrected chi connectivity index (χ3v) is 2.90. The molecular formula is C15H11FO3. The van der Waals surface area contributed by atoms with Crippen LogP contribution in [0.5, 0.6) is 11.5 Å². The Balaban J connectivity index is 2.05. The molecule has 0 unspecified atom stereocenters. The van der Waals surface area contributed by atoms with Crippen molar-refractivity contribution in [3.63, 3.8) is 0 Å². The molecule has 0 bridgehead atoms. The predicted molar refractivity (Wildman–Crippen MR) is 67.3 cm³/mol. The lowest BCUT2D eigenvalue weighted by molar-refractivity contribution is 0.102. The lowest BCUT2D eigenvalue weighted by atomic mass is 10.0. The summed E-state index contributed by atoms with van der Waals surface area (Å²) >= 11 is 0. The average Bonchev–Trinajstić information content (AvgIpc) is 2.46. The molecule has 0 aromatic heterocycles. The molecule has 1 aliphatic heterocycles. The summed E-state index contributed by atoms with van der Waals surface area (Å²) in [5.41, 5.74) is 0.686. The van der Waals surface area contributed by atoms with Crippen molar-refractivity contribution < 1.29 is 18.7 Å². The molecule has 3 rings (SSSR count). The maximum Gasteiger partial charge on any atom is 0.197 e. The van der Waals surface area contributed by atoms with Crippen LogP contribution in [0.25, 0.3) is 0 Å². The van der Waals surface area contributed by atoms with Crippen molar-refractivity contribution in [1.82, 2.24) is 0 Å². The van der Waals surface area contributed by atoms with Gasteiger partial charge in [0.05, 0.1) is 5.56 Å². The van der Waals surface area contributed by atoms with Crippen molar-refractivity contribution in [1.29, 1.82) is 0 Å². The minimum Gasteiger partial charge on any atom is -0.486 e. The van der Waals surface area contributed by atoms with E-state index >= 15 is 0 Å². The second kappa shape index (κ2) is 4.72. The number of halogens is 1. The van der Waals surface area contributed by atoms with Crippen molar-refractivity contribution in [3.05, 3.63) is 59.4 Å². The monoisotopic (exact) mass is 258 g/mol. The Morgan fingerprint density at radius 1 is 1.05 bits per heavy atom. The highest BCUT2D eigenvalue weighted by atomic mass is 19.1. The van der Waals surface area contributed by atoms with Crippen molar-refractivity contribution >= 4 is 5.78 Å². The lowest BCUT2D eigenvalue weighted by Gasteiger charge is -2.20. The molecular weight excluding hydrogens is 247 g/mol. The molecule has 0 aliphatic carbocycles. The number of para-hydroxylation sites is 1.